The van der Waals surface area contributed by atoms with Crippen LogP contribution in [0.25, 0.3) is 11.1 Å². The first kappa shape index (κ1) is 12.1. The Hall–Kier alpha value is -1.38. The molecular formula is C13H7Cl2FO. The van der Waals surface area contributed by atoms with Crippen LogP contribution in [0.1, 0.15) is 10.4 Å². The summed E-state index contributed by atoms with van der Waals surface area (Å²) >= 11 is 11.9. The zero-order valence-electron chi connectivity index (χ0n) is 8.58. The molecule has 1 nitrogen and oxygen atoms in total. The highest BCUT2D eigenvalue weighted by Crippen LogP contribution is 2.31. The Balaban J connectivity index is 2.57. The highest BCUT2D eigenvalue weighted by molar-refractivity contribution is 6.34. The number of carbonyl (C=O) groups excluding carboxylic acids is 1. The summed E-state index contributed by atoms with van der Waals surface area (Å²) in [6.45, 7) is 0. The lowest BCUT2D eigenvalue weighted by molar-refractivity contribution is 0.112. The first-order valence-electron chi connectivity index (χ1n) is 4.82. The molecular weight excluding hydrogens is 262 g/mol. The first-order chi connectivity index (χ1) is 8.11. The van der Waals surface area contributed by atoms with Gasteiger partial charge in [0, 0.05) is 16.1 Å². The van der Waals surface area contributed by atoms with E-state index >= 15 is 0 Å². The zero-order chi connectivity index (χ0) is 12.4. The van der Waals surface area contributed by atoms with Crippen molar-refractivity contribution in [3.63, 3.8) is 0 Å². The van der Waals surface area contributed by atoms with Crippen LogP contribution in [0.15, 0.2) is 36.4 Å². The molecule has 0 aliphatic heterocycles. The fraction of sp³-hybridized carbons (Fsp3) is 0. The summed E-state index contributed by atoms with van der Waals surface area (Å²) in [5.41, 5.74) is 1.61. The van der Waals surface area contributed by atoms with Crippen LogP contribution < -0.4 is 0 Å². The molecule has 0 amide bonds. The number of benzene rings is 2. The van der Waals surface area contributed by atoms with Gasteiger partial charge < -0.3 is 0 Å². The van der Waals surface area contributed by atoms with Gasteiger partial charge in [0.1, 0.15) is 5.82 Å². The molecule has 0 saturated carbocycles. The van der Waals surface area contributed by atoms with Crippen LogP contribution in [0, 0.1) is 5.82 Å². The minimum Gasteiger partial charge on any atom is -0.298 e. The standard InChI is InChI=1S/C13H7Cl2FO/c14-12-4-3-10(16)6-11(12)8-1-2-9(7-17)13(15)5-8/h1-7H. The third-order valence-electron chi connectivity index (χ3n) is 2.37. The van der Waals surface area contributed by atoms with Crippen molar-refractivity contribution in [2.75, 3.05) is 0 Å². The van der Waals surface area contributed by atoms with Crippen LogP contribution in [-0.4, -0.2) is 6.29 Å². The van der Waals surface area contributed by atoms with Crippen LogP contribution >= 0.6 is 23.2 Å². The minimum absolute atomic E-state index is 0.317. The summed E-state index contributed by atoms with van der Waals surface area (Å²) in [5, 5.41) is 0.749. The third-order valence-corrected chi connectivity index (χ3v) is 3.02. The van der Waals surface area contributed by atoms with E-state index in [0.717, 1.165) is 0 Å². The van der Waals surface area contributed by atoms with Crippen LogP contribution in [0.5, 0.6) is 0 Å². The van der Waals surface area contributed by atoms with Gasteiger partial charge in [-0.2, -0.15) is 0 Å². The molecule has 0 aromatic heterocycles. The van der Waals surface area contributed by atoms with Crippen molar-refractivity contribution in [1.82, 2.24) is 0 Å². The van der Waals surface area contributed by atoms with Crippen LogP contribution in [0.3, 0.4) is 0 Å². The van der Waals surface area contributed by atoms with Crippen molar-refractivity contribution in [2.24, 2.45) is 0 Å². The topological polar surface area (TPSA) is 17.1 Å². The molecule has 0 unspecified atom stereocenters. The van der Waals surface area contributed by atoms with Crippen molar-refractivity contribution < 1.29 is 9.18 Å². The van der Waals surface area contributed by atoms with Gasteiger partial charge in [-0.15, -0.1) is 0 Å². The Morgan fingerprint density at radius 2 is 1.76 bits per heavy atom. The molecule has 2 rings (SSSR count). The molecule has 0 fully saturated rings. The average Bonchev–Trinajstić information content (AvgIpc) is 2.32. The average molecular weight is 269 g/mol. The van der Waals surface area contributed by atoms with E-state index in [-0.39, 0.29) is 5.82 Å². The minimum atomic E-state index is -0.375. The summed E-state index contributed by atoms with van der Waals surface area (Å²) in [6, 6.07) is 8.93. The predicted molar refractivity (Wildman–Crippen MR) is 67.2 cm³/mol. The van der Waals surface area contributed by atoms with E-state index in [2.05, 4.69) is 0 Å². The second-order valence-electron chi connectivity index (χ2n) is 3.48. The van der Waals surface area contributed by atoms with Crippen LogP contribution in [-0.2, 0) is 0 Å². The molecule has 4 heteroatoms. The van der Waals surface area contributed by atoms with Crippen molar-refractivity contribution >= 4 is 29.5 Å². The highest BCUT2D eigenvalue weighted by Gasteiger charge is 2.07. The Labute approximate surface area is 108 Å². The van der Waals surface area contributed by atoms with E-state index in [9.17, 15) is 9.18 Å². The van der Waals surface area contributed by atoms with Gasteiger partial charge in [-0.25, -0.2) is 4.39 Å². The largest absolute Gasteiger partial charge is 0.298 e. The SMILES string of the molecule is O=Cc1ccc(-c2cc(F)ccc2Cl)cc1Cl. The van der Waals surface area contributed by atoms with E-state index in [4.69, 9.17) is 23.2 Å². The number of aldehydes is 1. The monoisotopic (exact) mass is 268 g/mol. The molecule has 0 radical (unpaired) electrons. The van der Waals surface area contributed by atoms with Crippen molar-refractivity contribution in [3.8, 4) is 11.1 Å². The number of hydrogen-bond donors (Lipinski definition) is 0. The van der Waals surface area contributed by atoms with Gasteiger partial charge in [0.25, 0.3) is 0 Å². The summed E-state index contributed by atoms with van der Waals surface area (Å²) in [7, 11) is 0. The summed E-state index contributed by atoms with van der Waals surface area (Å²) in [5.74, 6) is -0.375. The van der Waals surface area contributed by atoms with Gasteiger partial charge in [-0.05, 0) is 35.9 Å². The molecule has 2 aromatic carbocycles. The number of halogens is 3. The Morgan fingerprint density at radius 1 is 1.00 bits per heavy atom. The maximum Gasteiger partial charge on any atom is 0.151 e. The molecule has 0 heterocycles. The van der Waals surface area contributed by atoms with E-state index in [1.807, 2.05) is 0 Å². The van der Waals surface area contributed by atoms with Crippen LogP contribution in [0.2, 0.25) is 10.0 Å². The normalized spacial score (nSPS) is 10.3. The van der Waals surface area contributed by atoms with Gasteiger partial charge in [-0.3, -0.25) is 4.79 Å². The maximum atomic E-state index is 13.1. The molecule has 86 valence electrons. The number of hydrogen-bond acceptors (Lipinski definition) is 1. The number of carbonyl (C=O) groups is 1. The Bertz CT molecular complexity index is 582. The lowest BCUT2D eigenvalue weighted by Gasteiger charge is -2.06. The molecule has 0 N–H and O–H groups in total. The smallest absolute Gasteiger partial charge is 0.151 e. The van der Waals surface area contributed by atoms with Gasteiger partial charge >= 0.3 is 0 Å². The Kier molecular flexibility index (Phi) is 3.46. The van der Waals surface area contributed by atoms with E-state index < -0.39 is 0 Å². The molecule has 0 bridgehead atoms. The molecule has 0 spiro atoms. The first-order valence-corrected chi connectivity index (χ1v) is 5.57. The van der Waals surface area contributed by atoms with E-state index in [1.54, 1.807) is 18.2 Å². The lowest BCUT2D eigenvalue weighted by Crippen LogP contribution is -1.86. The fourth-order valence-electron chi connectivity index (χ4n) is 1.51. The molecule has 0 atom stereocenters. The Morgan fingerprint density at radius 3 is 2.41 bits per heavy atom. The molecule has 2 aromatic rings. The van der Waals surface area contributed by atoms with Gasteiger partial charge in [-0.1, -0.05) is 29.3 Å². The zero-order valence-corrected chi connectivity index (χ0v) is 10.1. The van der Waals surface area contributed by atoms with Gasteiger partial charge in [0.05, 0.1) is 5.02 Å². The van der Waals surface area contributed by atoms with Crippen LogP contribution in [0.4, 0.5) is 4.39 Å². The van der Waals surface area contributed by atoms with Crippen molar-refractivity contribution in [3.05, 3.63) is 57.8 Å². The predicted octanol–water partition coefficient (Wildman–Crippen LogP) is 4.61. The van der Waals surface area contributed by atoms with E-state index in [1.165, 1.54) is 18.2 Å². The summed E-state index contributed by atoms with van der Waals surface area (Å²) in [6.07, 6.45) is 0.666. The molecule has 0 aliphatic carbocycles. The fourth-order valence-corrected chi connectivity index (χ4v) is 1.96. The number of rotatable bonds is 2. The third kappa shape index (κ3) is 2.48. The quantitative estimate of drug-likeness (QED) is 0.727. The maximum absolute atomic E-state index is 13.1. The highest BCUT2D eigenvalue weighted by atomic mass is 35.5. The molecule has 0 saturated heterocycles. The molecule has 0 aliphatic rings. The summed E-state index contributed by atoms with van der Waals surface area (Å²) < 4.78 is 13.1. The molecule has 17 heavy (non-hydrogen) atoms. The van der Waals surface area contributed by atoms with Gasteiger partial charge in [0.15, 0.2) is 6.29 Å². The lowest BCUT2D eigenvalue weighted by atomic mass is 10.0. The summed E-state index contributed by atoms with van der Waals surface area (Å²) in [4.78, 5) is 10.6. The van der Waals surface area contributed by atoms with Gasteiger partial charge in [0.2, 0.25) is 0 Å². The van der Waals surface area contributed by atoms with Crippen molar-refractivity contribution in [2.45, 2.75) is 0 Å². The van der Waals surface area contributed by atoms with E-state index in [0.29, 0.717) is 33.0 Å². The second-order valence-corrected chi connectivity index (χ2v) is 4.29. The second kappa shape index (κ2) is 4.86. The van der Waals surface area contributed by atoms with Crippen molar-refractivity contribution in [1.29, 1.82) is 0 Å².